The molecule has 3 aliphatic rings. The molecule has 1 saturated heterocycles. The summed E-state index contributed by atoms with van der Waals surface area (Å²) < 4.78 is 6.13. The number of hydrogen-bond acceptors (Lipinski definition) is 7. The van der Waals surface area contributed by atoms with Crippen molar-refractivity contribution in [3.63, 3.8) is 0 Å². The van der Waals surface area contributed by atoms with E-state index < -0.39 is 0 Å². The number of aromatic nitrogens is 2. The van der Waals surface area contributed by atoms with Gasteiger partial charge in [-0.25, -0.2) is 9.97 Å². The molecular weight excluding hydrogens is 382 g/mol. The fourth-order valence-electron chi connectivity index (χ4n) is 3.92. The Morgan fingerprint density at radius 2 is 2.07 bits per heavy atom. The molecule has 2 aromatic rings. The van der Waals surface area contributed by atoms with Crippen LogP contribution in [-0.4, -0.2) is 70.0 Å². The Morgan fingerprint density at radius 1 is 1.20 bits per heavy atom. The highest BCUT2D eigenvalue weighted by Crippen LogP contribution is 2.40. The second-order valence-corrected chi connectivity index (χ2v) is 8.32. The first-order valence-electron chi connectivity index (χ1n) is 10.4. The normalized spacial score (nSPS) is 19.5. The third-order valence-electron chi connectivity index (χ3n) is 5.97. The van der Waals surface area contributed by atoms with Gasteiger partial charge in [0, 0.05) is 31.3 Å². The third kappa shape index (κ3) is 3.63. The van der Waals surface area contributed by atoms with Crippen molar-refractivity contribution >= 4 is 17.4 Å². The largest absolute Gasteiger partial charge is 0.488 e. The van der Waals surface area contributed by atoms with Crippen LogP contribution in [0.2, 0.25) is 0 Å². The molecular formula is C22H25N5O3. The lowest BCUT2D eigenvalue weighted by molar-refractivity contribution is -0.131. The van der Waals surface area contributed by atoms with Crippen LogP contribution in [0.3, 0.4) is 0 Å². The van der Waals surface area contributed by atoms with Crippen LogP contribution in [0.25, 0.3) is 0 Å². The predicted octanol–water partition coefficient (Wildman–Crippen LogP) is 1.40. The van der Waals surface area contributed by atoms with E-state index >= 15 is 0 Å². The summed E-state index contributed by atoms with van der Waals surface area (Å²) >= 11 is 0. The molecule has 0 radical (unpaired) electrons. The zero-order valence-electron chi connectivity index (χ0n) is 17.0. The number of hydrogen-bond donors (Lipinski definition) is 1. The molecule has 1 amide bonds. The summed E-state index contributed by atoms with van der Waals surface area (Å²) in [5.41, 5.74) is 3.76. The van der Waals surface area contributed by atoms with Gasteiger partial charge in [-0.05, 0) is 37.5 Å². The summed E-state index contributed by atoms with van der Waals surface area (Å²) in [6.45, 7) is 4.60. The number of ether oxygens (including phenoxy) is 1. The molecule has 2 fully saturated rings. The lowest BCUT2D eigenvalue weighted by Gasteiger charge is -2.34. The first kappa shape index (κ1) is 19.0. The van der Waals surface area contributed by atoms with Gasteiger partial charge in [-0.2, -0.15) is 0 Å². The van der Waals surface area contributed by atoms with Crippen LogP contribution < -0.4 is 9.64 Å². The molecule has 30 heavy (non-hydrogen) atoms. The highest BCUT2D eigenvalue weighted by molar-refractivity contribution is 6.14. The lowest BCUT2D eigenvalue weighted by Crippen LogP contribution is -2.51. The minimum atomic E-state index is -0.0308. The molecule has 0 unspecified atom stereocenters. The van der Waals surface area contributed by atoms with Gasteiger partial charge in [-0.15, -0.1) is 0 Å². The Bertz CT molecular complexity index is 1020. The number of benzene rings is 1. The number of carbonyl (C=O) groups is 1. The number of amides is 1. The molecule has 1 saturated carbocycles. The van der Waals surface area contributed by atoms with Gasteiger partial charge in [0.25, 0.3) is 0 Å². The molecule has 0 atom stereocenters. The molecule has 2 aliphatic heterocycles. The molecule has 1 aliphatic carbocycles. The summed E-state index contributed by atoms with van der Waals surface area (Å²) in [5, 5.41) is 9.09. The van der Waals surface area contributed by atoms with Crippen molar-refractivity contribution in [2.24, 2.45) is 4.99 Å². The molecule has 0 spiro atoms. The van der Waals surface area contributed by atoms with Crippen LogP contribution >= 0.6 is 0 Å². The number of aliphatic hydroxyl groups excluding tert-OH is 1. The van der Waals surface area contributed by atoms with Crippen LogP contribution in [0.1, 0.15) is 36.6 Å². The summed E-state index contributed by atoms with van der Waals surface area (Å²) in [6, 6.07) is 8.06. The molecule has 156 valence electrons. The molecule has 0 bridgehead atoms. The Kier molecular flexibility index (Phi) is 4.66. The summed E-state index contributed by atoms with van der Waals surface area (Å²) in [6.07, 6.45) is 3.70. The van der Waals surface area contributed by atoms with Crippen molar-refractivity contribution in [1.29, 1.82) is 0 Å². The zero-order valence-corrected chi connectivity index (χ0v) is 17.0. The molecule has 1 aromatic heterocycles. The van der Waals surface area contributed by atoms with E-state index in [4.69, 9.17) is 14.8 Å². The highest BCUT2D eigenvalue weighted by Gasteiger charge is 2.40. The van der Waals surface area contributed by atoms with E-state index in [0.29, 0.717) is 32.0 Å². The summed E-state index contributed by atoms with van der Waals surface area (Å²) in [5.74, 6) is 1.57. The maximum atomic E-state index is 12.3. The van der Waals surface area contributed by atoms with E-state index in [0.717, 1.165) is 41.1 Å². The molecule has 8 nitrogen and oxygen atoms in total. The molecule has 1 N–H and O–H groups in total. The van der Waals surface area contributed by atoms with E-state index in [1.54, 1.807) is 4.90 Å². The highest BCUT2D eigenvalue weighted by atomic mass is 16.5. The van der Waals surface area contributed by atoms with Crippen LogP contribution in [0.5, 0.6) is 5.75 Å². The number of rotatable bonds is 6. The summed E-state index contributed by atoms with van der Waals surface area (Å²) in [7, 11) is 0. The fourth-order valence-corrected chi connectivity index (χ4v) is 3.92. The number of aliphatic imine (C=N–C) groups is 1. The minimum Gasteiger partial charge on any atom is -0.488 e. The van der Waals surface area contributed by atoms with Crippen molar-refractivity contribution < 1.29 is 14.6 Å². The Morgan fingerprint density at radius 3 is 2.83 bits per heavy atom. The lowest BCUT2D eigenvalue weighted by atomic mass is 10.0. The van der Waals surface area contributed by atoms with Gasteiger partial charge in [0.2, 0.25) is 5.91 Å². The number of nitrogens with zero attached hydrogens (tertiary/aromatic N) is 5. The number of piperazine rings is 1. The van der Waals surface area contributed by atoms with Gasteiger partial charge in [-0.3, -0.25) is 9.79 Å². The fraction of sp³-hybridized carbons (Fsp3) is 0.455. The smallest absolute Gasteiger partial charge is 0.242 e. The summed E-state index contributed by atoms with van der Waals surface area (Å²) in [4.78, 5) is 29.5. The van der Waals surface area contributed by atoms with Crippen molar-refractivity contribution in [3.05, 3.63) is 47.4 Å². The minimum absolute atomic E-state index is 0.00521. The first-order valence-corrected chi connectivity index (χ1v) is 10.4. The van der Waals surface area contributed by atoms with Gasteiger partial charge < -0.3 is 19.6 Å². The van der Waals surface area contributed by atoms with E-state index in [2.05, 4.69) is 29.0 Å². The van der Waals surface area contributed by atoms with Crippen molar-refractivity contribution in [3.8, 4) is 5.75 Å². The Hall–Kier alpha value is -3.00. The third-order valence-corrected chi connectivity index (χ3v) is 5.97. The predicted molar refractivity (Wildman–Crippen MR) is 112 cm³/mol. The van der Waals surface area contributed by atoms with Crippen molar-refractivity contribution in [1.82, 2.24) is 14.9 Å². The van der Waals surface area contributed by atoms with Gasteiger partial charge in [0.15, 0.2) is 0 Å². The van der Waals surface area contributed by atoms with Crippen LogP contribution in [-0.2, 0) is 11.3 Å². The Balaban J connectivity index is 1.37. The molecule has 8 heteroatoms. The molecule has 3 heterocycles. The van der Waals surface area contributed by atoms with Crippen LogP contribution in [0.15, 0.2) is 35.6 Å². The number of anilines is 1. The van der Waals surface area contributed by atoms with Crippen LogP contribution in [0.4, 0.5) is 5.82 Å². The first-order chi connectivity index (χ1) is 14.5. The number of carbonyl (C=O) groups excluding carboxylic acids is 1. The Labute approximate surface area is 175 Å². The standard InChI is InChI=1S/C22H25N5O3/c1-22(4-5-22)30-16-3-2-15-12-23-21(17(15)10-16)18-11-19(25-14-24-18)27-7-6-26(8-9-28)20(29)13-27/h2-3,10-11,14,28H,4-9,12-13H2,1H3. The van der Waals surface area contributed by atoms with E-state index in [1.807, 2.05) is 17.0 Å². The van der Waals surface area contributed by atoms with Crippen molar-refractivity contribution in [2.75, 3.05) is 37.7 Å². The maximum Gasteiger partial charge on any atom is 0.242 e. The zero-order chi connectivity index (χ0) is 20.7. The van der Waals surface area contributed by atoms with Crippen molar-refractivity contribution in [2.45, 2.75) is 31.9 Å². The molecule has 5 rings (SSSR count). The SMILES string of the molecule is CC1(Oc2ccc3c(c2)C(c2cc(N4CCN(CCO)C(=O)C4)ncn2)=NC3)CC1. The average molecular weight is 407 g/mol. The number of β-amino-alcohol motifs (C(OH)–C–C–N with tert-alkyl or cyclic N) is 1. The van der Waals surface area contributed by atoms with Gasteiger partial charge in [-0.1, -0.05) is 6.07 Å². The number of fused-ring (bicyclic) bond motifs is 1. The topological polar surface area (TPSA) is 91.2 Å². The van der Waals surface area contributed by atoms with Crippen LogP contribution in [0, 0.1) is 0 Å². The van der Waals surface area contributed by atoms with E-state index in [1.165, 1.54) is 6.33 Å². The van der Waals surface area contributed by atoms with E-state index in [-0.39, 0.29) is 24.7 Å². The average Bonchev–Trinajstić information content (AvgIpc) is 3.32. The van der Waals surface area contributed by atoms with Gasteiger partial charge >= 0.3 is 0 Å². The van der Waals surface area contributed by atoms with Gasteiger partial charge in [0.1, 0.15) is 23.5 Å². The second-order valence-electron chi connectivity index (χ2n) is 8.32. The van der Waals surface area contributed by atoms with E-state index in [9.17, 15) is 4.79 Å². The quantitative estimate of drug-likeness (QED) is 0.778. The monoisotopic (exact) mass is 407 g/mol. The second kappa shape index (κ2) is 7.36. The number of aliphatic hydroxyl groups is 1. The maximum absolute atomic E-state index is 12.3. The van der Waals surface area contributed by atoms with Gasteiger partial charge in [0.05, 0.1) is 31.1 Å². The molecule has 1 aromatic carbocycles.